The van der Waals surface area contributed by atoms with Gasteiger partial charge in [-0.2, -0.15) is 5.26 Å². The molecule has 0 radical (unpaired) electrons. The normalized spacial score (nSPS) is 11.2. The van der Waals surface area contributed by atoms with Gasteiger partial charge in [-0.3, -0.25) is 5.32 Å². The number of hydrogen-bond acceptors (Lipinski definition) is 4. The van der Waals surface area contributed by atoms with Gasteiger partial charge in [-0.05, 0) is 23.7 Å². The van der Waals surface area contributed by atoms with Gasteiger partial charge in [0.25, 0.3) is 0 Å². The molecule has 0 saturated heterocycles. The third-order valence-corrected chi connectivity index (χ3v) is 2.99. The van der Waals surface area contributed by atoms with Gasteiger partial charge in [0.15, 0.2) is 0 Å². The van der Waals surface area contributed by atoms with Gasteiger partial charge in [0.2, 0.25) is 0 Å². The number of ether oxygens (including phenoxy) is 1. The van der Waals surface area contributed by atoms with Crippen LogP contribution in [-0.2, 0) is 0 Å². The van der Waals surface area contributed by atoms with E-state index in [1.54, 1.807) is 13.2 Å². The van der Waals surface area contributed by atoms with Crippen LogP contribution >= 0.6 is 15.9 Å². The van der Waals surface area contributed by atoms with Crippen LogP contribution in [0.3, 0.4) is 0 Å². The van der Waals surface area contributed by atoms with Crippen LogP contribution in [0.15, 0.2) is 27.8 Å². The van der Waals surface area contributed by atoms with Crippen molar-refractivity contribution in [3.63, 3.8) is 0 Å². The van der Waals surface area contributed by atoms with Crippen LogP contribution in [0.25, 0.3) is 10.4 Å². The summed E-state index contributed by atoms with van der Waals surface area (Å²) in [7, 11) is 1.57. The van der Waals surface area contributed by atoms with Crippen LogP contribution in [0.4, 0.5) is 0 Å². The number of benzene rings is 1. The Morgan fingerprint density at radius 1 is 1.67 bits per heavy atom. The van der Waals surface area contributed by atoms with E-state index in [4.69, 9.17) is 15.5 Å². The maximum atomic E-state index is 9.15. The Balaban J connectivity index is 2.81. The number of azide groups is 1. The van der Waals surface area contributed by atoms with Gasteiger partial charge in [-0.15, -0.1) is 0 Å². The molecule has 0 bridgehead atoms. The summed E-state index contributed by atoms with van der Waals surface area (Å²) in [6, 6.07) is 7.10. The Bertz CT molecular complexity index is 493. The SMILES string of the molecule is COc1ccc(Br)c(C(C#N)NCCN=[N+]=[N-])c1. The van der Waals surface area contributed by atoms with E-state index in [2.05, 4.69) is 37.3 Å². The Kier molecular flexibility index (Phi) is 6.01. The lowest BCUT2D eigenvalue weighted by Crippen LogP contribution is -2.23. The van der Waals surface area contributed by atoms with E-state index in [1.165, 1.54) is 0 Å². The van der Waals surface area contributed by atoms with Crippen molar-refractivity contribution in [1.82, 2.24) is 5.32 Å². The van der Waals surface area contributed by atoms with Gasteiger partial charge in [0.1, 0.15) is 11.8 Å². The van der Waals surface area contributed by atoms with E-state index in [9.17, 15) is 0 Å². The van der Waals surface area contributed by atoms with Crippen molar-refractivity contribution in [2.75, 3.05) is 20.2 Å². The molecular weight excluding hydrogens is 298 g/mol. The molecule has 7 heteroatoms. The maximum Gasteiger partial charge on any atom is 0.122 e. The predicted octanol–water partition coefficient (Wildman–Crippen LogP) is 2.92. The van der Waals surface area contributed by atoms with Crippen LogP contribution in [0.5, 0.6) is 5.75 Å². The Labute approximate surface area is 113 Å². The molecule has 1 aromatic rings. The van der Waals surface area contributed by atoms with Crippen molar-refractivity contribution in [1.29, 1.82) is 5.26 Å². The minimum absolute atomic E-state index is 0.302. The summed E-state index contributed by atoms with van der Waals surface area (Å²) in [5.41, 5.74) is 8.95. The fourth-order valence-electron chi connectivity index (χ4n) is 1.40. The fraction of sp³-hybridized carbons (Fsp3) is 0.364. The first-order chi connectivity index (χ1) is 8.72. The molecule has 0 saturated carbocycles. The van der Waals surface area contributed by atoms with E-state index >= 15 is 0 Å². The highest BCUT2D eigenvalue weighted by Crippen LogP contribution is 2.27. The number of nitrogens with one attached hydrogen (secondary N) is 1. The lowest BCUT2D eigenvalue weighted by Gasteiger charge is -2.14. The van der Waals surface area contributed by atoms with Gasteiger partial charge in [0.05, 0.1) is 13.2 Å². The standard InChI is InChI=1S/C11H12BrN5O/c1-18-8-2-3-10(12)9(6-8)11(7-13)15-4-5-16-17-14/h2-3,6,11,15H,4-5H2,1H3. The van der Waals surface area contributed by atoms with Crippen LogP contribution < -0.4 is 10.1 Å². The number of halogens is 1. The number of hydrogen-bond donors (Lipinski definition) is 1. The van der Waals surface area contributed by atoms with Crippen LogP contribution in [0.1, 0.15) is 11.6 Å². The highest BCUT2D eigenvalue weighted by Gasteiger charge is 2.13. The summed E-state index contributed by atoms with van der Waals surface area (Å²) in [6.45, 7) is 0.738. The molecule has 1 rings (SSSR count). The Morgan fingerprint density at radius 2 is 2.44 bits per heavy atom. The molecule has 18 heavy (non-hydrogen) atoms. The van der Waals surface area contributed by atoms with Gasteiger partial charge in [-0.1, -0.05) is 21.0 Å². The summed E-state index contributed by atoms with van der Waals surface area (Å²) >= 11 is 3.40. The second-order valence-corrected chi connectivity index (χ2v) is 4.21. The van der Waals surface area contributed by atoms with E-state index in [0.29, 0.717) is 18.8 Å². The molecule has 6 nitrogen and oxygen atoms in total. The molecule has 0 aliphatic heterocycles. The average Bonchev–Trinajstić information content (AvgIpc) is 2.40. The Hall–Kier alpha value is -1.74. The minimum Gasteiger partial charge on any atom is -0.497 e. The van der Waals surface area contributed by atoms with Gasteiger partial charge in [-0.25, -0.2) is 0 Å². The molecule has 0 aliphatic carbocycles. The first-order valence-electron chi connectivity index (χ1n) is 5.20. The zero-order valence-corrected chi connectivity index (χ0v) is 11.4. The Morgan fingerprint density at radius 3 is 3.06 bits per heavy atom. The number of nitriles is 1. The molecule has 1 atom stereocenters. The third kappa shape index (κ3) is 3.93. The quantitative estimate of drug-likeness (QED) is 0.379. The molecule has 1 N–H and O–H groups in total. The first kappa shape index (κ1) is 14.3. The van der Waals surface area contributed by atoms with Gasteiger partial charge >= 0.3 is 0 Å². The van der Waals surface area contributed by atoms with Crippen LogP contribution in [0, 0.1) is 11.3 Å². The summed E-state index contributed by atoms with van der Waals surface area (Å²) in [4.78, 5) is 2.65. The summed E-state index contributed by atoms with van der Waals surface area (Å²) in [5, 5.41) is 15.5. The first-order valence-corrected chi connectivity index (χ1v) is 5.99. The fourth-order valence-corrected chi connectivity index (χ4v) is 1.87. The zero-order valence-electron chi connectivity index (χ0n) is 9.80. The monoisotopic (exact) mass is 309 g/mol. The van der Waals surface area contributed by atoms with Crippen molar-refractivity contribution >= 4 is 15.9 Å². The second kappa shape index (κ2) is 7.56. The van der Waals surface area contributed by atoms with Crippen LogP contribution in [-0.4, -0.2) is 20.2 Å². The number of nitrogens with zero attached hydrogens (tertiary/aromatic N) is 4. The average molecular weight is 310 g/mol. The lowest BCUT2D eigenvalue weighted by atomic mass is 10.1. The molecular formula is C11H12BrN5O. The zero-order chi connectivity index (χ0) is 13.4. The maximum absolute atomic E-state index is 9.15. The molecule has 0 aromatic heterocycles. The van der Waals surface area contributed by atoms with Crippen molar-refractivity contribution < 1.29 is 4.74 Å². The third-order valence-electron chi connectivity index (χ3n) is 2.27. The van der Waals surface area contributed by atoms with Crippen molar-refractivity contribution in [2.24, 2.45) is 5.11 Å². The van der Waals surface area contributed by atoms with E-state index in [0.717, 1.165) is 10.0 Å². The van der Waals surface area contributed by atoms with E-state index in [-0.39, 0.29) is 0 Å². The summed E-state index contributed by atoms with van der Waals surface area (Å²) < 4.78 is 5.95. The van der Waals surface area contributed by atoms with Gasteiger partial charge in [0, 0.05) is 28.0 Å². The van der Waals surface area contributed by atoms with Crippen molar-refractivity contribution in [3.8, 4) is 11.8 Å². The second-order valence-electron chi connectivity index (χ2n) is 3.36. The highest BCUT2D eigenvalue weighted by atomic mass is 79.9. The van der Waals surface area contributed by atoms with Crippen molar-refractivity contribution in [3.05, 3.63) is 38.7 Å². The minimum atomic E-state index is -0.483. The molecule has 0 spiro atoms. The molecule has 0 fully saturated rings. The molecule has 94 valence electrons. The largest absolute Gasteiger partial charge is 0.497 e. The molecule has 0 aliphatic rings. The number of rotatable bonds is 6. The van der Waals surface area contributed by atoms with E-state index < -0.39 is 6.04 Å². The predicted molar refractivity (Wildman–Crippen MR) is 71.1 cm³/mol. The highest BCUT2D eigenvalue weighted by molar-refractivity contribution is 9.10. The van der Waals surface area contributed by atoms with Crippen LogP contribution in [0.2, 0.25) is 0 Å². The van der Waals surface area contributed by atoms with E-state index in [1.807, 2.05) is 12.1 Å². The summed E-state index contributed by atoms with van der Waals surface area (Å²) in [6.07, 6.45) is 0. The lowest BCUT2D eigenvalue weighted by molar-refractivity contribution is 0.413. The van der Waals surface area contributed by atoms with Gasteiger partial charge < -0.3 is 4.74 Å². The van der Waals surface area contributed by atoms with Crippen molar-refractivity contribution in [2.45, 2.75) is 6.04 Å². The number of methoxy groups -OCH3 is 1. The molecule has 1 unspecified atom stereocenters. The topological polar surface area (TPSA) is 93.8 Å². The molecule has 0 amide bonds. The smallest absolute Gasteiger partial charge is 0.122 e. The summed E-state index contributed by atoms with van der Waals surface area (Å²) in [5.74, 6) is 0.685. The molecule has 0 heterocycles. The molecule has 1 aromatic carbocycles.